The smallest absolute Gasteiger partial charge is 0.275 e. The molecule has 0 fully saturated rings. The third-order valence-electron chi connectivity index (χ3n) is 1.67. The largest absolute Gasteiger partial charge is 0.376 e. The van der Waals surface area contributed by atoms with E-state index in [0.717, 1.165) is 5.69 Å². The molecule has 0 saturated heterocycles. The fourth-order valence-electron chi connectivity index (χ4n) is 1.15. The Hall–Kier alpha value is -1.43. The molecule has 3 N–H and O–H groups in total. The van der Waals surface area contributed by atoms with Gasteiger partial charge in [0.05, 0.1) is 5.69 Å². The number of nitrogens with one attached hydrogen (secondary N) is 1. The second-order valence-corrected chi connectivity index (χ2v) is 3.24. The number of nitrogens with zero attached hydrogens (tertiary/aromatic N) is 2. The topological polar surface area (TPSA) is 72.9 Å². The highest BCUT2D eigenvalue weighted by molar-refractivity contribution is 7.80. The van der Waals surface area contributed by atoms with Crippen molar-refractivity contribution < 1.29 is 4.79 Å². The first-order chi connectivity index (χ1) is 6.54. The number of amides is 1. The lowest BCUT2D eigenvalue weighted by atomic mass is 10.3. The molecule has 0 saturated carbocycles. The van der Waals surface area contributed by atoms with Crippen molar-refractivity contribution in [3.63, 3.8) is 0 Å². The van der Waals surface area contributed by atoms with Gasteiger partial charge in [0, 0.05) is 6.54 Å². The molecule has 14 heavy (non-hydrogen) atoms. The van der Waals surface area contributed by atoms with E-state index < -0.39 is 0 Å². The number of rotatable bonds is 2. The van der Waals surface area contributed by atoms with Crippen molar-refractivity contribution in [2.75, 3.05) is 0 Å². The Kier molecular flexibility index (Phi) is 3.19. The summed E-state index contributed by atoms with van der Waals surface area (Å²) in [5, 5.41) is 6.45. The maximum Gasteiger partial charge on any atom is 0.275 e. The fraction of sp³-hybridized carbons (Fsp3) is 0.375. The zero-order chi connectivity index (χ0) is 10.7. The van der Waals surface area contributed by atoms with E-state index in [1.165, 1.54) is 0 Å². The molecule has 0 bridgehead atoms. The van der Waals surface area contributed by atoms with E-state index in [-0.39, 0.29) is 11.0 Å². The second-order valence-electron chi connectivity index (χ2n) is 2.81. The Balaban J connectivity index is 2.93. The Morgan fingerprint density at radius 2 is 2.43 bits per heavy atom. The summed E-state index contributed by atoms with van der Waals surface area (Å²) < 4.78 is 1.60. The summed E-state index contributed by atoms with van der Waals surface area (Å²) in [5.74, 6) is -0.319. The number of carbonyl (C=O) groups is 1. The average Bonchev–Trinajstić information content (AvgIpc) is 2.45. The van der Waals surface area contributed by atoms with Crippen molar-refractivity contribution in [3.8, 4) is 0 Å². The lowest BCUT2D eigenvalue weighted by Crippen LogP contribution is -2.35. The monoisotopic (exact) mass is 212 g/mol. The minimum atomic E-state index is -0.319. The molecule has 0 radical (unpaired) electrons. The van der Waals surface area contributed by atoms with Gasteiger partial charge in [-0.05, 0) is 32.1 Å². The molecule has 0 aliphatic heterocycles. The summed E-state index contributed by atoms with van der Waals surface area (Å²) >= 11 is 4.57. The van der Waals surface area contributed by atoms with Crippen LogP contribution in [0.25, 0.3) is 0 Å². The van der Waals surface area contributed by atoms with E-state index in [1.54, 1.807) is 10.7 Å². The summed E-state index contributed by atoms with van der Waals surface area (Å²) in [5.41, 5.74) is 6.46. The van der Waals surface area contributed by atoms with Gasteiger partial charge < -0.3 is 5.73 Å². The Morgan fingerprint density at radius 3 is 2.93 bits per heavy atom. The van der Waals surface area contributed by atoms with Gasteiger partial charge in [0.25, 0.3) is 5.91 Å². The minimum absolute atomic E-state index is 0.0310. The second kappa shape index (κ2) is 4.19. The van der Waals surface area contributed by atoms with Crippen molar-refractivity contribution >= 4 is 23.2 Å². The SMILES string of the molecule is CCn1nc(C)cc1C(=O)NC(N)=S. The average molecular weight is 212 g/mol. The zero-order valence-electron chi connectivity index (χ0n) is 8.07. The summed E-state index contributed by atoms with van der Waals surface area (Å²) in [6.07, 6.45) is 0. The maximum absolute atomic E-state index is 11.5. The van der Waals surface area contributed by atoms with Crippen molar-refractivity contribution in [1.29, 1.82) is 0 Å². The molecule has 1 amide bonds. The summed E-state index contributed by atoms with van der Waals surface area (Å²) in [4.78, 5) is 11.5. The van der Waals surface area contributed by atoms with E-state index in [9.17, 15) is 4.79 Å². The van der Waals surface area contributed by atoms with Crippen LogP contribution in [0, 0.1) is 6.92 Å². The Morgan fingerprint density at radius 1 is 1.79 bits per heavy atom. The highest BCUT2D eigenvalue weighted by atomic mass is 32.1. The molecule has 1 aromatic heterocycles. The van der Waals surface area contributed by atoms with E-state index >= 15 is 0 Å². The van der Waals surface area contributed by atoms with E-state index in [2.05, 4.69) is 22.6 Å². The number of aryl methyl sites for hydroxylation is 2. The van der Waals surface area contributed by atoms with Crippen LogP contribution in [0.1, 0.15) is 23.1 Å². The third kappa shape index (κ3) is 2.29. The van der Waals surface area contributed by atoms with E-state index in [0.29, 0.717) is 12.2 Å². The normalized spacial score (nSPS) is 9.86. The van der Waals surface area contributed by atoms with Crippen LogP contribution in [-0.2, 0) is 6.54 Å². The van der Waals surface area contributed by atoms with E-state index in [4.69, 9.17) is 5.73 Å². The number of nitrogens with two attached hydrogens (primary N) is 1. The van der Waals surface area contributed by atoms with Gasteiger partial charge >= 0.3 is 0 Å². The zero-order valence-corrected chi connectivity index (χ0v) is 8.89. The van der Waals surface area contributed by atoms with Crippen LogP contribution in [0.2, 0.25) is 0 Å². The fourth-order valence-corrected chi connectivity index (χ4v) is 1.24. The Labute approximate surface area is 87.3 Å². The third-order valence-corrected chi connectivity index (χ3v) is 1.77. The standard InChI is InChI=1S/C8H12N4OS/c1-3-12-6(4-5(2)11-12)7(13)10-8(9)14/h4H,3H2,1-2H3,(H3,9,10,13,14). The van der Waals surface area contributed by atoms with Crippen molar-refractivity contribution in [3.05, 3.63) is 17.5 Å². The molecule has 1 aromatic rings. The molecule has 1 heterocycles. The van der Waals surface area contributed by atoms with Gasteiger partial charge in [0.15, 0.2) is 5.11 Å². The molecule has 0 atom stereocenters. The van der Waals surface area contributed by atoms with Gasteiger partial charge in [-0.25, -0.2) is 0 Å². The summed E-state index contributed by atoms with van der Waals surface area (Å²) in [6.45, 7) is 4.36. The van der Waals surface area contributed by atoms with Crippen molar-refractivity contribution in [2.45, 2.75) is 20.4 Å². The predicted molar refractivity (Wildman–Crippen MR) is 56.9 cm³/mol. The van der Waals surface area contributed by atoms with Crippen molar-refractivity contribution in [2.24, 2.45) is 5.73 Å². The van der Waals surface area contributed by atoms with E-state index in [1.807, 2.05) is 13.8 Å². The van der Waals surface area contributed by atoms with Gasteiger partial charge in [-0.2, -0.15) is 5.10 Å². The van der Waals surface area contributed by atoms with Crippen LogP contribution in [0.3, 0.4) is 0 Å². The number of hydrogen-bond donors (Lipinski definition) is 2. The summed E-state index contributed by atoms with van der Waals surface area (Å²) in [7, 11) is 0. The first-order valence-corrected chi connectivity index (χ1v) is 4.60. The minimum Gasteiger partial charge on any atom is -0.376 e. The van der Waals surface area contributed by atoms with Gasteiger partial charge in [0.1, 0.15) is 5.69 Å². The number of hydrogen-bond acceptors (Lipinski definition) is 3. The molecular weight excluding hydrogens is 200 g/mol. The predicted octanol–water partition coefficient (Wildman–Crippen LogP) is 0.185. The quantitative estimate of drug-likeness (QED) is 0.686. The number of carbonyl (C=O) groups excluding carboxylic acids is 1. The van der Waals surface area contributed by atoms with Gasteiger partial charge in [-0.1, -0.05) is 0 Å². The molecule has 0 aliphatic carbocycles. The number of thiocarbonyl (C=S) groups is 1. The van der Waals surface area contributed by atoms with Crippen LogP contribution < -0.4 is 11.1 Å². The molecular formula is C8H12N4OS. The first kappa shape index (κ1) is 10.6. The molecule has 76 valence electrons. The molecule has 1 rings (SSSR count). The number of aromatic nitrogens is 2. The van der Waals surface area contributed by atoms with Crippen molar-refractivity contribution in [1.82, 2.24) is 15.1 Å². The maximum atomic E-state index is 11.5. The molecule has 0 spiro atoms. The molecule has 0 aliphatic rings. The van der Waals surface area contributed by atoms with Crippen LogP contribution in [0.4, 0.5) is 0 Å². The summed E-state index contributed by atoms with van der Waals surface area (Å²) in [6, 6.07) is 1.69. The van der Waals surface area contributed by atoms with Crippen LogP contribution in [0.15, 0.2) is 6.07 Å². The van der Waals surface area contributed by atoms with Gasteiger partial charge in [0.2, 0.25) is 0 Å². The van der Waals surface area contributed by atoms with Gasteiger partial charge in [-0.3, -0.25) is 14.8 Å². The molecule has 0 aromatic carbocycles. The molecule has 5 nitrogen and oxygen atoms in total. The molecule has 0 unspecified atom stereocenters. The van der Waals surface area contributed by atoms with Gasteiger partial charge in [-0.15, -0.1) is 0 Å². The molecule has 6 heteroatoms. The Bertz CT molecular complexity index is 371. The first-order valence-electron chi connectivity index (χ1n) is 4.19. The highest BCUT2D eigenvalue weighted by Gasteiger charge is 2.12. The highest BCUT2D eigenvalue weighted by Crippen LogP contribution is 2.03. The lowest BCUT2D eigenvalue weighted by molar-refractivity contribution is 0.0967. The van der Waals surface area contributed by atoms with Crippen LogP contribution >= 0.6 is 12.2 Å². The lowest BCUT2D eigenvalue weighted by Gasteiger charge is -2.03. The van der Waals surface area contributed by atoms with Crippen LogP contribution in [0.5, 0.6) is 0 Å². The van der Waals surface area contributed by atoms with Crippen LogP contribution in [-0.4, -0.2) is 20.8 Å².